The summed E-state index contributed by atoms with van der Waals surface area (Å²) in [7, 11) is 0. The van der Waals surface area contributed by atoms with Gasteiger partial charge >= 0.3 is 0 Å². The van der Waals surface area contributed by atoms with Crippen LogP contribution in [0, 0.1) is 5.92 Å². The van der Waals surface area contributed by atoms with Crippen LogP contribution in [-0.2, 0) is 0 Å². The normalized spacial score (nSPS) is 20.5. The highest BCUT2D eigenvalue weighted by Crippen LogP contribution is 2.25. The van der Waals surface area contributed by atoms with Gasteiger partial charge in [-0.25, -0.2) is 4.68 Å². The quantitative estimate of drug-likeness (QED) is 0.657. The molecule has 1 fully saturated rings. The van der Waals surface area contributed by atoms with Crippen LogP contribution in [0.15, 0.2) is 52.4 Å². The molecule has 1 unspecified atom stereocenters. The van der Waals surface area contributed by atoms with E-state index in [4.69, 9.17) is 16.7 Å². The minimum atomic E-state index is 0.594. The maximum absolute atomic E-state index is 6.17. The number of benzene rings is 1. The van der Waals surface area contributed by atoms with E-state index < -0.39 is 0 Å². The predicted molar refractivity (Wildman–Crippen MR) is 104 cm³/mol. The van der Waals surface area contributed by atoms with Gasteiger partial charge in [0, 0.05) is 21.7 Å². The standard InChI is InChI=1S/C19H22ClN3S/c1-3-10-21-19-23(22-17-9-4-6-14(2)11-17)18(13-24-19)15-7-5-8-16(20)12-15/h3,5,7-8,12-14H,1,4,6,9-11H2,2H3. The van der Waals surface area contributed by atoms with Crippen molar-refractivity contribution in [2.45, 2.75) is 32.6 Å². The van der Waals surface area contributed by atoms with Crippen molar-refractivity contribution < 1.29 is 0 Å². The van der Waals surface area contributed by atoms with Crippen molar-refractivity contribution in [2.24, 2.45) is 16.0 Å². The SMILES string of the molecule is C=CCN=c1scc(-c2cccc(Cl)c2)n1N=C1CCCC(C)C1. The number of hydrogen-bond acceptors (Lipinski definition) is 3. The molecule has 2 aromatic rings. The summed E-state index contributed by atoms with van der Waals surface area (Å²) in [6.07, 6.45) is 6.46. The summed E-state index contributed by atoms with van der Waals surface area (Å²) in [6, 6.07) is 7.89. The molecule has 0 amide bonds. The number of nitrogens with zero attached hydrogens (tertiary/aromatic N) is 3. The Balaban J connectivity index is 2.08. The smallest absolute Gasteiger partial charge is 0.206 e. The van der Waals surface area contributed by atoms with E-state index >= 15 is 0 Å². The van der Waals surface area contributed by atoms with Gasteiger partial charge in [-0.3, -0.25) is 4.99 Å². The van der Waals surface area contributed by atoms with Gasteiger partial charge in [0.2, 0.25) is 4.80 Å². The van der Waals surface area contributed by atoms with Crippen molar-refractivity contribution >= 4 is 28.6 Å². The highest BCUT2D eigenvalue weighted by atomic mass is 35.5. The topological polar surface area (TPSA) is 29.6 Å². The molecule has 24 heavy (non-hydrogen) atoms. The second-order valence-electron chi connectivity index (χ2n) is 6.22. The molecule has 1 aromatic heterocycles. The van der Waals surface area contributed by atoms with Crippen LogP contribution in [0.5, 0.6) is 0 Å². The minimum Gasteiger partial charge on any atom is -0.253 e. The molecule has 1 aromatic carbocycles. The minimum absolute atomic E-state index is 0.594. The lowest BCUT2D eigenvalue weighted by atomic mass is 9.89. The van der Waals surface area contributed by atoms with E-state index in [-0.39, 0.29) is 0 Å². The molecular weight excluding hydrogens is 338 g/mol. The van der Waals surface area contributed by atoms with Gasteiger partial charge in [-0.15, -0.1) is 17.9 Å². The van der Waals surface area contributed by atoms with E-state index in [9.17, 15) is 0 Å². The van der Waals surface area contributed by atoms with Crippen LogP contribution in [-0.4, -0.2) is 16.9 Å². The van der Waals surface area contributed by atoms with Gasteiger partial charge in [-0.1, -0.05) is 36.7 Å². The van der Waals surface area contributed by atoms with Gasteiger partial charge in [-0.2, -0.15) is 5.10 Å². The summed E-state index contributed by atoms with van der Waals surface area (Å²) in [5.41, 5.74) is 3.36. The van der Waals surface area contributed by atoms with Crippen molar-refractivity contribution in [3.63, 3.8) is 0 Å². The molecule has 3 nitrogen and oxygen atoms in total. The molecule has 0 radical (unpaired) electrons. The Morgan fingerprint density at radius 2 is 2.33 bits per heavy atom. The Morgan fingerprint density at radius 1 is 1.46 bits per heavy atom. The molecule has 1 saturated carbocycles. The summed E-state index contributed by atoms with van der Waals surface area (Å²) in [5, 5.41) is 7.79. The van der Waals surface area contributed by atoms with Crippen LogP contribution in [0.4, 0.5) is 0 Å². The predicted octanol–water partition coefficient (Wildman–Crippen LogP) is 5.37. The first kappa shape index (κ1) is 17.2. The second-order valence-corrected chi connectivity index (χ2v) is 7.50. The van der Waals surface area contributed by atoms with Crippen LogP contribution < -0.4 is 4.80 Å². The fourth-order valence-corrected chi connectivity index (χ4v) is 4.02. The van der Waals surface area contributed by atoms with Crippen LogP contribution in [0.3, 0.4) is 0 Å². The monoisotopic (exact) mass is 359 g/mol. The van der Waals surface area contributed by atoms with Gasteiger partial charge in [0.1, 0.15) is 0 Å². The molecule has 5 heteroatoms. The fourth-order valence-electron chi connectivity index (χ4n) is 2.99. The first-order chi connectivity index (χ1) is 11.7. The summed E-state index contributed by atoms with van der Waals surface area (Å²) in [6.45, 7) is 6.65. The number of thiazole rings is 1. The van der Waals surface area contributed by atoms with Gasteiger partial charge in [0.25, 0.3) is 0 Å². The average Bonchev–Trinajstić information content (AvgIpc) is 2.95. The van der Waals surface area contributed by atoms with Crippen LogP contribution in [0.1, 0.15) is 32.6 Å². The van der Waals surface area contributed by atoms with Gasteiger partial charge < -0.3 is 0 Å². The van der Waals surface area contributed by atoms with Crippen molar-refractivity contribution in [1.29, 1.82) is 0 Å². The Morgan fingerprint density at radius 3 is 3.08 bits per heavy atom. The van der Waals surface area contributed by atoms with E-state index in [1.165, 1.54) is 18.6 Å². The van der Waals surface area contributed by atoms with E-state index in [0.717, 1.165) is 33.9 Å². The average molecular weight is 360 g/mol. The molecular formula is C19H22ClN3S. The molecule has 126 valence electrons. The number of hydrogen-bond donors (Lipinski definition) is 0. The fraction of sp³-hybridized carbons (Fsp3) is 0.368. The Bertz CT molecular complexity index is 816. The highest BCUT2D eigenvalue weighted by molar-refractivity contribution is 7.07. The van der Waals surface area contributed by atoms with Crippen LogP contribution >= 0.6 is 22.9 Å². The van der Waals surface area contributed by atoms with Crippen molar-refractivity contribution in [3.8, 4) is 11.3 Å². The summed E-state index contributed by atoms with van der Waals surface area (Å²) in [4.78, 5) is 5.50. The van der Waals surface area contributed by atoms with Crippen LogP contribution in [0.2, 0.25) is 5.02 Å². The van der Waals surface area contributed by atoms with Crippen LogP contribution in [0.25, 0.3) is 11.3 Å². The molecule has 0 bridgehead atoms. The maximum atomic E-state index is 6.17. The maximum Gasteiger partial charge on any atom is 0.206 e. The lowest BCUT2D eigenvalue weighted by molar-refractivity contribution is 0.497. The Kier molecular flexibility index (Phi) is 5.69. The molecule has 1 aliphatic rings. The largest absolute Gasteiger partial charge is 0.253 e. The van der Waals surface area contributed by atoms with Crippen molar-refractivity contribution in [2.75, 3.05) is 6.54 Å². The lowest BCUT2D eigenvalue weighted by Crippen LogP contribution is -2.18. The summed E-state index contributed by atoms with van der Waals surface area (Å²) < 4.78 is 1.98. The molecule has 0 N–H and O–H groups in total. The van der Waals surface area contributed by atoms with E-state index in [1.807, 2.05) is 22.9 Å². The van der Waals surface area contributed by atoms with Crippen molar-refractivity contribution in [1.82, 2.24) is 4.68 Å². The summed E-state index contributed by atoms with van der Waals surface area (Å²) in [5.74, 6) is 0.708. The second kappa shape index (κ2) is 7.95. The number of rotatable bonds is 4. The van der Waals surface area contributed by atoms with Crippen molar-refractivity contribution in [3.05, 3.63) is 52.1 Å². The van der Waals surface area contributed by atoms with Gasteiger partial charge in [0.15, 0.2) is 0 Å². The zero-order valence-corrected chi connectivity index (χ0v) is 15.5. The molecule has 3 rings (SSSR count). The third-order valence-corrected chi connectivity index (χ3v) is 5.24. The molecule has 1 atom stereocenters. The highest BCUT2D eigenvalue weighted by Gasteiger charge is 2.16. The Hall–Kier alpha value is -1.65. The third kappa shape index (κ3) is 4.05. The molecule has 0 spiro atoms. The van der Waals surface area contributed by atoms with E-state index in [1.54, 1.807) is 17.4 Å². The molecule has 0 saturated heterocycles. The zero-order valence-electron chi connectivity index (χ0n) is 13.9. The lowest BCUT2D eigenvalue weighted by Gasteiger charge is -2.19. The van der Waals surface area contributed by atoms with E-state index in [0.29, 0.717) is 12.5 Å². The van der Waals surface area contributed by atoms with Gasteiger partial charge in [-0.05, 0) is 43.7 Å². The zero-order chi connectivity index (χ0) is 16.9. The first-order valence-corrected chi connectivity index (χ1v) is 9.57. The Labute approximate surface area is 152 Å². The molecule has 1 heterocycles. The van der Waals surface area contributed by atoms with Gasteiger partial charge in [0.05, 0.1) is 12.2 Å². The molecule has 1 aliphatic carbocycles. The first-order valence-electron chi connectivity index (χ1n) is 8.32. The summed E-state index contributed by atoms with van der Waals surface area (Å²) >= 11 is 7.77. The van der Waals surface area contributed by atoms with E-state index in [2.05, 4.69) is 29.9 Å². The number of halogens is 1. The third-order valence-electron chi connectivity index (χ3n) is 4.15. The molecule has 0 aliphatic heterocycles. The number of aromatic nitrogens is 1.